The van der Waals surface area contributed by atoms with Crippen molar-refractivity contribution in [1.82, 2.24) is 4.99 Å². The van der Waals surface area contributed by atoms with Gasteiger partial charge in [-0.05, 0) is 17.1 Å². The molecule has 2 nitrogen and oxygen atoms in total. The maximum absolute atomic E-state index is 4.07. The van der Waals surface area contributed by atoms with Gasteiger partial charge in [0.1, 0.15) is 0 Å². The van der Waals surface area contributed by atoms with Crippen molar-refractivity contribution in [3.05, 3.63) is 34.8 Å². The van der Waals surface area contributed by atoms with Crippen LogP contribution in [-0.4, -0.2) is 6.34 Å². The molecule has 1 heterocycles. The van der Waals surface area contributed by atoms with E-state index in [4.69, 9.17) is 0 Å². The molecule has 1 radical (unpaired) electrons. The summed E-state index contributed by atoms with van der Waals surface area (Å²) in [6.07, 6.45) is 3.37. The van der Waals surface area contributed by atoms with Crippen LogP contribution in [0.4, 0.5) is 0 Å². The summed E-state index contributed by atoms with van der Waals surface area (Å²) >= 11 is 0. The van der Waals surface area contributed by atoms with Crippen LogP contribution >= 0.6 is 0 Å². The number of para-hydroxylation sites is 1. The first kappa shape index (κ1) is 5.35. The summed E-state index contributed by atoms with van der Waals surface area (Å²) in [5.41, 5.74) is 0. The van der Waals surface area contributed by atoms with Gasteiger partial charge in [0, 0.05) is 0 Å². The molecule has 2 heteroatoms. The zero-order valence-electron chi connectivity index (χ0n) is 5.36. The van der Waals surface area contributed by atoms with Gasteiger partial charge in [0.05, 0.1) is 5.22 Å². The van der Waals surface area contributed by atoms with E-state index >= 15 is 0 Å². The molecule has 0 atom stereocenters. The number of rotatable bonds is 0. The monoisotopic (exact) mass is 130 g/mol. The normalized spacial score (nSPS) is 13.2. The minimum Gasteiger partial charge on any atom is -0.0612 e. The van der Waals surface area contributed by atoms with Crippen LogP contribution in [0.15, 0.2) is 29.3 Å². The van der Waals surface area contributed by atoms with Gasteiger partial charge in [-0.3, -0.25) is 0 Å². The van der Waals surface area contributed by atoms with Crippen LogP contribution < -0.4 is 15.6 Å². The Bertz CT molecular complexity index is 339. The fraction of sp³-hybridized carbons (Fsp3) is 0. The predicted molar refractivity (Wildman–Crippen MR) is 39.9 cm³/mol. The molecule has 0 aromatic heterocycles. The highest BCUT2D eigenvalue weighted by Gasteiger charge is 1.95. The molecule has 47 valence electrons. The molecule has 0 N–H and O–H groups in total. The second-order valence-electron chi connectivity index (χ2n) is 2.08. The zero-order chi connectivity index (χ0) is 6.81. The van der Waals surface area contributed by atoms with Crippen LogP contribution in [0.25, 0.3) is 6.20 Å². The SMILES string of the molecule is C1=[N+]C=c2ccccc2=N1. The first-order chi connectivity index (χ1) is 4.97. The molecule has 2 rings (SSSR count). The molecule has 0 spiro atoms. The summed E-state index contributed by atoms with van der Waals surface area (Å²) in [5.74, 6) is 0. The van der Waals surface area contributed by atoms with Crippen LogP contribution in [0.1, 0.15) is 0 Å². The fourth-order valence-corrected chi connectivity index (χ4v) is 0.923. The molecule has 10 heavy (non-hydrogen) atoms. The van der Waals surface area contributed by atoms with Crippen molar-refractivity contribution in [2.75, 3.05) is 0 Å². The van der Waals surface area contributed by atoms with Crippen molar-refractivity contribution < 1.29 is 0 Å². The predicted octanol–water partition coefficient (Wildman–Crippen LogP) is -0.578. The summed E-state index contributed by atoms with van der Waals surface area (Å²) in [5, 5.41) is 2.09. The fourth-order valence-electron chi connectivity index (χ4n) is 0.923. The Balaban J connectivity index is 2.92. The van der Waals surface area contributed by atoms with E-state index in [0.29, 0.717) is 0 Å². The molecule has 0 unspecified atom stereocenters. The molecular formula is C8H6N2+. The van der Waals surface area contributed by atoms with Crippen molar-refractivity contribution in [2.24, 2.45) is 4.99 Å². The maximum Gasteiger partial charge on any atom is 0.327 e. The molecule has 1 aliphatic rings. The lowest BCUT2D eigenvalue weighted by Gasteiger charge is -1.80. The topological polar surface area (TPSA) is 26.5 Å². The Hall–Kier alpha value is -1.44. The smallest absolute Gasteiger partial charge is 0.0612 e. The van der Waals surface area contributed by atoms with Gasteiger partial charge in [-0.2, -0.15) is 0 Å². The zero-order valence-corrected chi connectivity index (χ0v) is 5.36. The third-order valence-electron chi connectivity index (χ3n) is 1.41. The van der Waals surface area contributed by atoms with E-state index in [0.717, 1.165) is 10.6 Å². The third-order valence-corrected chi connectivity index (χ3v) is 1.41. The number of fused-ring (bicyclic) bond motifs is 1. The Morgan fingerprint density at radius 3 is 3.00 bits per heavy atom. The number of benzene rings is 1. The number of hydrogen-bond donors (Lipinski definition) is 0. The standard InChI is InChI=1S/C8H6N2/c1-2-4-8-7(3-1)5-9-6-10-8/h1-6H/q+1. The molecule has 0 bridgehead atoms. The third kappa shape index (κ3) is 0.739. The number of aliphatic imine (C=N–C) groups is 1. The second-order valence-corrected chi connectivity index (χ2v) is 2.08. The van der Waals surface area contributed by atoms with Gasteiger partial charge in [-0.15, -0.1) is 0 Å². The molecular weight excluding hydrogens is 124 g/mol. The lowest BCUT2D eigenvalue weighted by molar-refractivity contribution is 1.29. The van der Waals surface area contributed by atoms with Gasteiger partial charge in [0.25, 0.3) is 0 Å². The summed E-state index contributed by atoms with van der Waals surface area (Å²) in [6, 6.07) is 7.91. The Morgan fingerprint density at radius 2 is 2.10 bits per heavy atom. The number of nitrogens with zero attached hydrogens (tertiary/aromatic N) is 2. The van der Waals surface area contributed by atoms with E-state index in [-0.39, 0.29) is 0 Å². The van der Waals surface area contributed by atoms with Crippen molar-refractivity contribution in [1.29, 1.82) is 0 Å². The van der Waals surface area contributed by atoms with Crippen LogP contribution in [0.3, 0.4) is 0 Å². The van der Waals surface area contributed by atoms with E-state index in [1.54, 1.807) is 6.34 Å². The molecule has 1 aromatic rings. The van der Waals surface area contributed by atoms with Crippen LogP contribution in [0, 0.1) is 0 Å². The van der Waals surface area contributed by atoms with Gasteiger partial charge in [-0.1, -0.05) is 17.1 Å². The maximum atomic E-state index is 4.07. The minimum atomic E-state index is 0.998. The second kappa shape index (κ2) is 2.06. The van der Waals surface area contributed by atoms with Gasteiger partial charge in [0.15, 0.2) is 11.6 Å². The molecule has 1 aliphatic heterocycles. The van der Waals surface area contributed by atoms with Crippen molar-refractivity contribution in [3.63, 3.8) is 0 Å². The van der Waals surface area contributed by atoms with Gasteiger partial charge in [0.2, 0.25) is 0 Å². The van der Waals surface area contributed by atoms with Crippen LogP contribution in [0.5, 0.6) is 0 Å². The van der Waals surface area contributed by atoms with Crippen LogP contribution in [-0.2, 0) is 0 Å². The van der Waals surface area contributed by atoms with Crippen molar-refractivity contribution in [2.45, 2.75) is 0 Å². The highest BCUT2D eigenvalue weighted by atomic mass is 14.8. The molecule has 0 saturated heterocycles. The van der Waals surface area contributed by atoms with E-state index in [9.17, 15) is 0 Å². The summed E-state index contributed by atoms with van der Waals surface area (Å²) in [6.45, 7) is 0. The summed E-state index contributed by atoms with van der Waals surface area (Å²) < 4.78 is 0. The highest BCUT2D eigenvalue weighted by molar-refractivity contribution is 5.59. The minimum absolute atomic E-state index is 0.998. The molecule has 0 aliphatic carbocycles. The van der Waals surface area contributed by atoms with Gasteiger partial charge in [-0.25, -0.2) is 0 Å². The van der Waals surface area contributed by atoms with E-state index < -0.39 is 0 Å². The van der Waals surface area contributed by atoms with Crippen molar-refractivity contribution in [3.8, 4) is 0 Å². The van der Waals surface area contributed by atoms with Crippen molar-refractivity contribution >= 4 is 12.5 Å². The largest absolute Gasteiger partial charge is 0.327 e. The van der Waals surface area contributed by atoms with E-state index in [1.807, 2.05) is 30.5 Å². The first-order valence-corrected chi connectivity index (χ1v) is 3.11. The van der Waals surface area contributed by atoms with Gasteiger partial charge < -0.3 is 0 Å². The lowest BCUT2D eigenvalue weighted by atomic mass is 10.3. The summed E-state index contributed by atoms with van der Waals surface area (Å²) in [4.78, 5) is 7.97. The molecule has 0 fully saturated rings. The van der Waals surface area contributed by atoms with Gasteiger partial charge >= 0.3 is 6.34 Å². The lowest BCUT2D eigenvalue weighted by Crippen LogP contribution is -2.27. The molecule has 0 amide bonds. The Morgan fingerprint density at radius 1 is 1.20 bits per heavy atom. The molecule has 1 aromatic carbocycles. The highest BCUT2D eigenvalue weighted by Crippen LogP contribution is 1.71. The molecule has 0 saturated carbocycles. The summed E-state index contributed by atoms with van der Waals surface area (Å²) in [7, 11) is 0. The average molecular weight is 130 g/mol. The van der Waals surface area contributed by atoms with E-state index in [2.05, 4.69) is 9.98 Å². The number of hydrogen-bond acceptors (Lipinski definition) is 2. The Labute approximate surface area is 58.3 Å². The quantitative estimate of drug-likeness (QED) is 0.449. The van der Waals surface area contributed by atoms with Crippen LogP contribution in [0.2, 0.25) is 0 Å². The average Bonchev–Trinajstić information content (AvgIpc) is 2.05. The first-order valence-electron chi connectivity index (χ1n) is 3.11. The van der Waals surface area contributed by atoms with E-state index in [1.165, 1.54) is 0 Å². The Kier molecular flexibility index (Phi) is 1.10.